The fourth-order valence-corrected chi connectivity index (χ4v) is 5.13. The zero-order valence-corrected chi connectivity index (χ0v) is 18.8. The van der Waals surface area contributed by atoms with Crippen LogP contribution in [0.25, 0.3) is 11.1 Å². The Morgan fingerprint density at radius 1 is 0.636 bits per heavy atom. The van der Waals surface area contributed by atoms with E-state index in [4.69, 9.17) is 0 Å². The molecule has 4 aromatic rings. The van der Waals surface area contributed by atoms with Gasteiger partial charge in [-0.2, -0.15) is 0 Å². The smallest absolute Gasteiger partial charge is 0.182 e. The molecule has 33 heavy (non-hydrogen) atoms. The van der Waals surface area contributed by atoms with Gasteiger partial charge in [-0.15, -0.1) is 0 Å². The third kappa shape index (κ3) is 6.02. The molecule has 0 atom stereocenters. The van der Waals surface area contributed by atoms with Crippen molar-refractivity contribution in [2.75, 3.05) is 0 Å². The van der Waals surface area contributed by atoms with Gasteiger partial charge < -0.3 is 0 Å². The summed E-state index contributed by atoms with van der Waals surface area (Å²) in [5.74, 6) is -0.432. The van der Waals surface area contributed by atoms with Crippen LogP contribution >= 0.6 is 0 Å². The molecule has 0 aromatic heterocycles. The fourth-order valence-electron chi connectivity index (χ4n) is 3.76. The van der Waals surface area contributed by atoms with Gasteiger partial charge in [0.15, 0.2) is 9.84 Å². The molecule has 0 saturated heterocycles. The number of hydrogen-bond acceptors (Lipinski definition) is 3. The standard InChI is InChI=1S/C28H23FO3S/c29-26-14-12-24(13-15-26)25-10-5-11-28(19-25)33(31,32)20-23-9-4-8-22(16-23)18-27(30)17-21-6-2-1-3-7-21/h1-16,19H,17-18,20H2. The molecular weight excluding hydrogens is 435 g/mol. The second-order valence-corrected chi connectivity index (χ2v) is 9.98. The Balaban J connectivity index is 1.49. The summed E-state index contributed by atoms with van der Waals surface area (Å²) < 4.78 is 39.4. The maximum absolute atomic E-state index is 13.2. The Morgan fingerprint density at radius 3 is 2.03 bits per heavy atom. The lowest BCUT2D eigenvalue weighted by atomic mass is 10.0. The van der Waals surface area contributed by atoms with E-state index in [-0.39, 0.29) is 28.7 Å². The summed E-state index contributed by atoms with van der Waals surface area (Å²) in [4.78, 5) is 12.7. The van der Waals surface area contributed by atoms with Gasteiger partial charge in [0.05, 0.1) is 10.6 Å². The molecule has 4 rings (SSSR count). The lowest BCUT2D eigenvalue weighted by molar-refractivity contribution is -0.117. The highest BCUT2D eigenvalue weighted by atomic mass is 32.2. The zero-order chi connectivity index (χ0) is 23.3. The highest BCUT2D eigenvalue weighted by Crippen LogP contribution is 2.25. The van der Waals surface area contributed by atoms with Crippen LogP contribution in [0.1, 0.15) is 16.7 Å². The molecule has 0 spiro atoms. The molecule has 0 saturated carbocycles. The summed E-state index contributed by atoms with van der Waals surface area (Å²) >= 11 is 0. The first-order chi connectivity index (χ1) is 15.9. The van der Waals surface area contributed by atoms with Crippen LogP contribution in [0.4, 0.5) is 4.39 Å². The van der Waals surface area contributed by atoms with Crippen LogP contribution in [0.15, 0.2) is 108 Å². The molecule has 0 aliphatic heterocycles. The molecule has 0 bridgehead atoms. The van der Waals surface area contributed by atoms with Crippen molar-refractivity contribution in [3.63, 3.8) is 0 Å². The molecule has 0 radical (unpaired) electrons. The second kappa shape index (κ2) is 9.92. The van der Waals surface area contributed by atoms with Crippen molar-refractivity contribution in [2.45, 2.75) is 23.5 Å². The predicted octanol–water partition coefficient (Wildman–Crippen LogP) is 5.82. The van der Waals surface area contributed by atoms with E-state index in [1.807, 2.05) is 36.4 Å². The number of carbonyl (C=O) groups excluding carboxylic acids is 1. The number of benzene rings is 4. The van der Waals surface area contributed by atoms with E-state index in [0.717, 1.165) is 16.7 Å². The van der Waals surface area contributed by atoms with E-state index in [1.54, 1.807) is 54.6 Å². The molecule has 0 unspecified atom stereocenters. The van der Waals surface area contributed by atoms with Crippen molar-refractivity contribution >= 4 is 15.6 Å². The van der Waals surface area contributed by atoms with Gasteiger partial charge >= 0.3 is 0 Å². The monoisotopic (exact) mass is 458 g/mol. The van der Waals surface area contributed by atoms with Gasteiger partial charge in [-0.05, 0) is 52.1 Å². The Kier molecular flexibility index (Phi) is 6.80. The van der Waals surface area contributed by atoms with Crippen LogP contribution in [0.5, 0.6) is 0 Å². The molecule has 5 heteroatoms. The van der Waals surface area contributed by atoms with Gasteiger partial charge in [-0.25, -0.2) is 12.8 Å². The maximum Gasteiger partial charge on any atom is 0.182 e. The van der Waals surface area contributed by atoms with Crippen LogP contribution in [-0.4, -0.2) is 14.2 Å². The van der Waals surface area contributed by atoms with Crippen molar-refractivity contribution < 1.29 is 17.6 Å². The highest BCUT2D eigenvalue weighted by Gasteiger charge is 2.17. The number of Topliss-reactive ketones (excluding diaryl/α,β-unsaturated/α-hetero) is 1. The summed E-state index contributed by atoms with van der Waals surface area (Å²) in [6, 6.07) is 29.3. The third-order valence-electron chi connectivity index (χ3n) is 5.36. The molecule has 0 aliphatic rings. The molecule has 0 aliphatic carbocycles. The van der Waals surface area contributed by atoms with Crippen molar-refractivity contribution in [1.82, 2.24) is 0 Å². The van der Waals surface area contributed by atoms with E-state index >= 15 is 0 Å². The first kappa shape index (κ1) is 22.6. The quantitative estimate of drug-likeness (QED) is 0.334. The van der Waals surface area contributed by atoms with Crippen LogP contribution in [0.3, 0.4) is 0 Å². The Bertz CT molecular complexity index is 1360. The molecular formula is C28H23FO3S. The van der Waals surface area contributed by atoms with Crippen molar-refractivity contribution in [3.05, 3.63) is 126 Å². The number of halogens is 1. The Labute approximate surface area is 193 Å². The molecule has 0 N–H and O–H groups in total. The van der Waals surface area contributed by atoms with Crippen LogP contribution in [0, 0.1) is 5.82 Å². The summed E-state index contributed by atoms with van der Waals surface area (Å²) in [6.45, 7) is 0. The van der Waals surface area contributed by atoms with Gasteiger partial charge in [0, 0.05) is 12.8 Å². The minimum absolute atomic E-state index is 0.0770. The molecule has 0 fully saturated rings. The lowest BCUT2D eigenvalue weighted by Gasteiger charge is -2.09. The minimum atomic E-state index is -3.60. The average Bonchev–Trinajstić information content (AvgIpc) is 2.80. The summed E-state index contributed by atoms with van der Waals surface area (Å²) in [6.07, 6.45) is 0.600. The predicted molar refractivity (Wildman–Crippen MR) is 128 cm³/mol. The van der Waals surface area contributed by atoms with E-state index in [2.05, 4.69) is 0 Å². The molecule has 0 amide bonds. The summed E-state index contributed by atoms with van der Waals surface area (Å²) in [5.41, 5.74) is 3.84. The minimum Gasteiger partial charge on any atom is -0.299 e. The topological polar surface area (TPSA) is 51.2 Å². The van der Waals surface area contributed by atoms with E-state index in [9.17, 15) is 17.6 Å². The number of ketones is 1. The normalized spacial score (nSPS) is 11.3. The van der Waals surface area contributed by atoms with E-state index < -0.39 is 9.84 Å². The van der Waals surface area contributed by atoms with E-state index in [0.29, 0.717) is 17.5 Å². The summed E-state index contributed by atoms with van der Waals surface area (Å²) in [5, 5.41) is 0. The van der Waals surface area contributed by atoms with Gasteiger partial charge in [-0.1, -0.05) is 78.9 Å². The van der Waals surface area contributed by atoms with Crippen LogP contribution in [0.2, 0.25) is 0 Å². The highest BCUT2D eigenvalue weighted by molar-refractivity contribution is 7.90. The van der Waals surface area contributed by atoms with E-state index in [1.165, 1.54) is 12.1 Å². The van der Waals surface area contributed by atoms with Gasteiger partial charge in [0.2, 0.25) is 0 Å². The maximum atomic E-state index is 13.2. The summed E-state index contributed by atoms with van der Waals surface area (Å²) in [7, 11) is -3.60. The Hall–Kier alpha value is -3.57. The molecule has 166 valence electrons. The number of sulfone groups is 1. The van der Waals surface area contributed by atoms with Gasteiger partial charge in [0.1, 0.15) is 11.6 Å². The number of carbonyl (C=O) groups is 1. The lowest BCUT2D eigenvalue weighted by Crippen LogP contribution is -2.08. The van der Waals surface area contributed by atoms with Crippen molar-refractivity contribution in [3.8, 4) is 11.1 Å². The van der Waals surface area contributed by atoms with Gasteiger partial charge in [-0.3, -0.25) is 4.79 Å². The largest absolute Gasteiger partial charge is 0.299 e. The molecule has 4 aromatic carbocycles. The van der Waals surface area contributed by atoms with Crippen molar-refractivity contribution in [1.29, 1.82) is 0 Å². The number of rotatable bonds is 8. The first-order valence-electron chi connectivity index (χ1n) is 10.6. The zero-order valence-electron chi connectivity index (χ0n) is 17.9. The number of hydrogen-bond donors (Lipinski definition) is 0. The second-order valence-electron chi connectivity index (χ2n) is 7.99. The third-order valence-corrected chi connectivity index (χ3v) is 7.05. The van der Waals surface area contributed by atoms with Crippen LogP contribution < -0.4 is 0 Å². The van der Waals surface area contributed by atoms with Gasteiger partial charge in [0.25, 0.3) is 0 Å². The average molecular weight is 459 g/mol. The first-order valence-corrected chi connectivity index (χ1v) is 12.3. The fraction of sp³-hybridized carbons (Fsp3) is 0.107. The molecule has 0 heterocycles. The Morgan fingerprint density at radius 2 is 1.27 bits per heavy atom. The van der Waals surface area contributed by atoms with Crippen molar-refractivity contribution in [2.24, 2.45) is 0 Å². The SMILES string of the molecule is O=C(Cc1ccccc1)Cc1cccc(CS(=O)(=O)c2cccc(-c3ccc(F)cc3)c2)c1. The van der Waals surface area contributed by atoms with Crippen LogP contribution in [-0.2, 0) is 33.2 Å². The molecule has 3 nitrogen and oxygen atoms in total.